The number of aromatic nitrogens is 1. The van der Waals surface area contributed by atoms with Crippen molar-refractivity contribution >= 4 is 23.0 Å². The summed E-state index contributed by atoms with van der Waals surface area (Å²) in [4.78, 5) is 3.93. The number of nitrogens with two attached hydrogens (primary N) is 1. The second kappa shape index (κ2) is 5.92. The molecule has 0 saturated heterocycles. The maximum atomic E-state index is 8.68. The van der Waals surface area contributed by atoms with E-state index in [2.05, 4.69) is 16.4 Å². The Bertz CT molecular complexity index is 447. The normalized spacial score (nSPS) is 23.3. The zero-order chi connectivity index (χ0) is 13.0. The van der Waals surface area contributed by atoms with Crippen molar-refractivity contribution in [3.8, 4) is 6.07 Å². The van der Waals surface area contributed by atoms with E-state index in [1.807, 2.05) is 0 Å². The van der Waals surface area contributed by atoms with Crippen LogP contribution in [0.4, 0.5) is 11.4 Å². The van der Waals surface area contributed by atoms with Gasteiger partial charge < -0.3 is 11.1 Å². The van der Waals surface area contributed by atoms with E-state index in [-0.39, 0.29) is 0 Å². The first-order valence-electron chi connectivity index (χ1n) is 6.23. The zero-order valence-electron chi connectivity index (χ0n) is 10.2. The van der Waals surface area contributed by atoms with Crippen LogP contribution in [0, 0.1) is 17.2 Å². The molecule has 2 rings (SSSR count). The Morgan fingerprint density at radius 1 is 1.44 bits per heavy atom. The average Bonchev–Trinajstić information content (AvgIpc) is 2.37. The lowest BCUT2D eigenvalue weighted by molar-refractivity contribution is 0.343. The Morgan fingerprint density at radius 3 is 2.83 bits per heavy atom. The highest BCUT2D eigenvalue weighted by Gasteiger charge is 2.21. The summed E-state index contributed by atoms with van der Waals surface area (Å²) in [6.07, 6.45) is 6.60. The molecule has 1 fully saturated rings. The molecule has 0 radical (unpaired) electrons. The van der Waals surface area contributed by atoms with Gasteiger partial charge in [-0.05, 0) is 31.6 Å². The van der Waals surface area contributed by atoms with Gasteiger partial charge in [0.2, 0.25) is 0 Å². The molecular weight excluding hydrogens is 248 g/mol. The summed E-state index contributed by atoms with van der Waals surface area (Å²) in [7, 11) is 0. The molecule has 1 aromatic rings. The van der Waals surface area contributed by atoms with Gasteiger partial charge >= 0.3 is 0 Å². The van der Waals surface area contributed by atoms with Crippen LogP contribution in [0.25, 0.3) is 0 Å². The lowest BCUT2D eigenvalue weighted by atomic mass is 9.84. The lowest BCUT2D eigenvalue weighted by Crippen LogP contribution is -2.26. The van der Waals surface area contributed by atoms with Gasteiger partial charge in [-0.3, -0.25) is 0 Å². The molecular formula is C13H17ClN4. The summed E-state index contributed by atoms with van der Waals surface area (Å²) in [6, 6.07) is 4.43. The molecule has 5 heteroatoms. The molecule has 0 unspecified atom stereocenters. The largest absolute Gasteiger partial charge is 0.396 e. The van der Waals surface area contributed by atoms with Crippen LogP contribution in [0.1, 0.15) is 32.1 Å². The molecule has 1 heterocycles. The van der Waals surface area contributed by atoms with E-state index < -0.39 is 0 Å². The third-order valence-electron chi connectivity index (χ3n) is 3.49. The molecule has 3 N–H and O–H groups in total. The number of nitriles is 1. The van der Waals surface area contributed by atoms with Gasteiger partial charge in [0.1, 0.15) is 5.15 Å². The van der Waals surface area contributed by atoms with E-state index in [0.29, 0.717) is 29.2 Å². The molecule has 0 atom stereocenters. The quantitative estimate of drug-likeness (QED) is 0.822. The molecule has 4 nitrogen and oxygen atoms in total. The zero-order valence-corrected chi connectivity index (χ0v) is 11.0. The topological polar surface area (TPSA) is 74.7 Å². The fourth-order valence-corrected chi connectivity index (χ4v) is 2.58. The van der Waals surface area contributed by atoms with Crippen LogP contribution in [0.2, 0.25) is 5.15 Å². The lowest BCUT2D eigenvalue weighted by Gasteiger charge is -2.29. The molecule has 0 spiro atoms. The van der Waals surface area contributed by atoms with Crippen LogP contribution in [0.5, 0.6) is 0 Å². The third kappa shape index (κ3) is 3.27. The Hall–Kier alpha value is -1.47. The van der Waals surface area contributed by atoms with Gasteiger partial charge in [0, 0.05) is 18.5 Å². The number of nitrogen functional groups attached to an aromatic ring is 1. The van der Waals surface area contributed by atoms with Gasteiger partial charge in [-0.25, -0.2) is 4.98 Å². The van der Waals surface area contributed by atoms with E-state index in [0.717, 1.165) is 31.4 Å². The highest BCUT2D eigenvalue weighted by atomic mass is 35.5. The predicted octanol–water partition coefficient (Wildman–Crippen LogP) is 3.20. The van der Waals surface area contributed by atoms with Gasteiger partial charge in [-0.1, -0.05) is 11.6 Å². The molecule has 0 bridgehead atoms. The van der Waals surface area contributed by atoms with Gasteiger partial charge in [0.15, 0.2) is 0 Å². The van der Waals surface area contributed by atoms with Gasteiger partial charge in [0.25, 0.3) is 0 Å². The SMILES string of the molecule is N#CC[C@H]1CC[C@H](Nc2cc(Cl)ncc2N)CC1. The van der Waals surface area contributed by atoms with Crippen molar-refractivity contribution in [2.45, 2.75) is 38.1 Å². The van der Waals surface area contributed by atoms with Crippen LogP contribution < -0.4 is 11.1 Å². The van der Waals surface area contributed by atoms with Crippen LogP contribution in [0.15, 0.2) is 12.3 Å². The molecule has 0 aromatic carbocycles. The second-order valence-corrected chi connectivity index (χ2v) is 5.21. The first-order valence-corrected chi connectivity index (χ1v) is 6.61. The first kappa shape index (κ1) is 13.0. The van der Waals surface area contributed by atoms with E-state index >= 15 is 0 Å². The summed E-state index contributed by atoms with van der Waals surface area (Å²) in [5, 5.41) is 12.6. The van der Waals surface area contributed by atoms with Crippen LogP contribution in [-0.4, -0.2) is 11.0 Å². The summed E-state index contributed by atoms with van der Waals surface area (Å²) in [5.41, 5.74) is 7.34. The highest BCUT2D eigenvalue weighted by molar-refractivity contribution is 6.29. The van der Waals surface area contributed by atoms with Crippen LogP contribution >= 0.6 is 11.6 Å². The first-order chi connectivity index (χ1) is 8.69. The Labute approximate surface area is 112 Å². The minimum absolute atomic E-state index is 0.417. The number of pyridine rings is 1. The molecule has 0 amide bonds. The summed E-state index contributed by atoms with van der Waals surface area (Å²) in [6.45, 7) is 0. The van der Waals surface area contributed by atoms with Crippen LogP contribution in [-0.2, 0) is 0 Å². The standard InChI is InChI=1S/C13H17ClN4/c14-13-7-12(11(16)8-17-13)18-10-3-1-9(2-4-10)5-6-15/h7-10H,1-5,16H2,(H,17,18)/t9-,10-. The van der Waals surface area contributed by atoms with Gasteiger partial charge in [-0.2, -0.15) is 5.26 Å². The minimum Gasteiger partial charge on any atom is -0.396 e. The van der Waals surface area contributed by atoms with E-state index in [4.69, 9.17) is 22.6 Å². The average molecular weight is 265 g/mol. The monoisotopic (exact) mass is 264 g/mol. The number of nitrogens with zero attached hydrogens (tertiary/aromatic N) is 2. The summed E-state index contributed by atoms with van der Waals surface area (Å²) < 4.78 is 0. The minimum atomic E-state index is 0.417. The fraction of sp³-hybridized carbons (Fsp3) is 0.538. The van der Waals surface area contributed by atoms with Crippen molar-refractivity contribution in [1.82, 2.24) is 4.98 Å². The number of halogens is 1. The molecule has 1 saturated carbocycles. The maximum Gasteiger partial charge on any atom is 0.131 e. The Kier molecular flexibility index (Phi) is 4.27. The number of hydrogen-bond donors (Lipinski definition) is 2. The van der Waals surface area contributed by atoms with Crippen LogP contribution in [0.3, 0.4) is 0 Å². The van der Waals surface area contributed by atoms with Crippen molar-refractivity contribution in [2.24, 2.45) is 5.92 Å². The highest BCUT2D eigenvalue weighted by Crippen LogP contribution is 2.30. The predicted molar refractivity (Wildman–Crippen MR) is 73.3 cm³/mol. The van der Waals surface area contributed by atoms with Crippen molar-refractivity contribution in [3.05, 3.63) is 17.4 Å². The molecule has 1 aliphatic carbocycles. The van der Waals surface area contributed by atoms with Gasteiger partial charge in [0.05, 0.1) is 23.6 Å². The molecule has 0 aliphatic heterocycles. The number of rotatable bonds is 3. The Balaban J connectivity index is 1.92. The molecule has 18 heavy (non-hydrogen) atoms. The third-order valence-corrected chi connectivity index (χ3v) is 3.69. The van der Waals surface area contributed by atoms with Crippen molar-refractivity contribution < 1.29 is 0 Å². The van der Waals surface area contributed by atoms with Crippen molar-refractivity contribution in [1.29, 1.82) is 5.26 Å². The maximum absolute atomic E-state index is 8.68. The van der Waals surface area contributed by atoms with E-state index in [9.17, 15) is 0 Å². The molecule has 96 valence electrons. The molecule has 1 aromatic heterocycles. The fourth-order valence-electron chi connectivity index (χ4n) is 2.43. The smallest absolute Gasteiger partial charge is 0.131 e. The number of nitrogens with one attached hydrogen (secondary N) is 1. The molecule has 1 aliphatic rings. The van der Waals surface area contributed by atoms with Crippen molar-refractivity contribution in [3.63, 3.8) is 0 Å². The number of hydrogen-bond acceptors (Lipinski definition) is 4. The summed E-state index contributed by atoms with van der Waals surface area (Å²) in [5.74, 6) is 0.562. The van der Waals surface area contributed by atoms with E-state index in [1.165, 1.54) is 0 Å². The van der Waals surface area contributed by atoms with Crippen molar-refractivity contribution in [2.75, 3.05) is 11.1 Å². The Morgan fingerprint density at radius 2 is 2.17 bits per heavy atom. The second-order valence-electron chi connectivity index (χ2n) is 4.82. The number of anilines is 2. The van der Waals surface area contributed by atoms with Gasteiger partial charge in [-0.15, -0.1) is 0 Å². The summed E-state index contributed by atoms with van der Waals surface area (Å²) >= 11 is 5.86. The van der Waals surface area contributed by atoms with E-state index in [1.54, 1.807) is 12.3 Å².